The molecule has 0 amide bonds. The van der Waals surface area contributed by atoms with Crippen LogP contribution in [0.5, 0.6) is 5.75 Å². The van der Waals surface area contributed by atoms with E-state index in [0.717, 1.165) is 28.2 Å². The third-order valence-electron chi connectivity index (χ3n) is 4.90. The summed E-state index contributed by atoms with van der Waals surface area (Å²) in [6.45, 7) is 1.83. The lowest BCUT2D eigenvalue weighted by Crippen LogP contribution is -2.35. The minimum atomic E-state index is -0.304. The van der Waals surface area contributed by atoms with E-state index in [9.17, 15) is 4.39 Å². The predicted octanol–water partition coefficient (Wildman–Crippen LogP) is 3.38. The number of amidine groups is 1. The van der Waals surface area contributed by atoms with E-state index in [4.69, 9.17) is 9.84 Å². The fourth-order valence-electron chi connectivity index (χ4n) is 3.46. The van der Waals surface area contributed by atoms with Gasteiger partial charge in [-0.1, -0.05) is 12.1 Å². The Labute approximate surface area is 175 Å². The lowest BCUT2D eigenvalue weighted by molar-refractivity contribution is 0.393. The molecule has 1 aliphatic heterocycles. The molecule has 8 heteroatoms. The number of halogens is 1. The van der Waals surface area contributed by atoms with Crippen molar-refractivity contribution < 1.29 is 9.13 Å². The van der Waals surface area contributed by atoms with Gasteiger partial charge in [-0.05, 0) is 49.5 Å². The van der Waals surface area contributed by atoms with Gasteiger partial charge < -0.3 is 14.5 Å². The van der Waals surface area contributed by atoms with Gasteiger partial charge in [0.05, 0.1) is 25.5 Å². The molecule has 0 fully saturated rings. The van der Waals surface area contributed by atoms with Gasteiger partial charge in [0.1, 0.15) is 24.1 Å². The Bertz CT molecular complexity index is 1020. The fraction of sp³-hybridized carbons (Fsp3) is 0.273. The Kier molecular flexibility index (Phi) is 5.67. The number of hydrogen-bond donors (Lipinski definition) is 1. The van der Waals surface area contributed by atoms with E-state index in [-0.39, 0.29) is 5.82 Å². The molecule has 7 nitrogen and oxygen atoms in total. The number of nitrogens with zero attached hydrogens (tertiary/aromatic N) is 5. The van der Waals surface area contributed by atoms with Crippen LogP contribution in [0.15, 0.2) is 60.0 Å². The Morgan fingerprint density at radius 2 is 1.93 bits per heavy atom. The molecule has 0 spiro atoms. The smallest absolute Gasteiger partial charge is 0.141 e. The lowest BCUT2D eigenvalue weighted by atomic mass is 10.1. The summed E-state index contributed by atoms with van der Waals surface area (Å²) in [4.78, 5) is 4.22. The van der Waals surface area contributed by atoms with E-state index in [0.29, 0.717) is 25.5 Å². The van der Waals surface area contributed by atoms with Crippen LogP contribution >= 0.6 is 0 Å². The molecule has 0 saturated carbocycles. The molecule has 2 aromatic carbocycles. The van der Waals surface area contributed by atoms with Crippen LogP contribution in [0.2, 0.25) is 0 Å². The first-order valence-electron chi connectivity index (χ1n) is 9.69. The van der Waals surface area contributed by atoms with Crippen LogP contribution in [0.3, 0.4) is 0 Å². The second-order valence-corrected chi connectivity index (χ2v) is 7.53. The lowest BCUT2D eigenvalue weighted by Gasteiger charge is -2.23. The van der Waals surface area contributed by atoms with Crippen LogP contribution in [0.25, 0.3) is 11.1 Å². The highest BCUT2D eigenvalue weighted by molar-refractivity contribution is 5.87. The summed E-state index contributed by atoms with van der Waals surface area (Å²) in [6, 6.07) is 13.0. The van der Waals surface area contributed by atoms with Crippen molar-refractivity contribution in [1.29, 1.82) is 0 Å². The monoisotopic (exact) mass is 408 g/mol. The molecule has 156 valence electrons. The van der Waals surface area contributed by atoms with E-state index in [1.54, 1.807) is 13.3 Å². The van der Waals surface area contributed by atoms with Gasteiger partial charge in [0, 0.05) is 24.4 Å². The van der Waals surface area contributed by atoms with Gasteiger partial charge in [-0.25, -0.2) is 9.40 Å². The Hall–Kier alpha value is -3.39. The summed E-state index contributed by atoms with van der Waals surface area (Å²) >= 11 is 0. The highest BCUT2D eigenvalue weighted by atomic mass is 19.1. The van der Waals surface area contributed by atoms with E-state index < -0.39 is 0 Å². The van der Waals surface area contributed by atoms with Crippen LogP contribution < -0.4 is 9.75 Å². The summed E-state index contributed by atoms with van der Waals surface area (Å²) in [5.41, 5.74) is 3.97. The van der Waals surface area contributed by atoms with Crippen LogP contribution in [0.4, 0.5) is 10.1 Å². The number of likely N-dealkylation sites (N-methyl/N-ethyl adjacent to an activating group) is 1. The largest absolute Gasteiger partial charge is 0.497 e. The van der Waals surface area contributed by atoms with Crippen LogP contribution in [-0.4, -0.2) is 60.3 Å². The summed E-state index contributed by atoms with van der Waals surface area (Å²) in [7, 11) is 5.56. The molecule has 0 aliphatic carbocycles. The number of aromatic nitrogens is 2. The SMILES string of the molecule is COc1cc(F)cc(CN2CN(c3ccc(-c4cn[nH]c4)cc3)N=C2CN(C)C)c1. The van der Waals surface area contributed by atoms with Gasteiger partial charge >= 0.3 is 0 Å². The quantitative estimate of drug-likeness (QED) is 0.650. The molecule has 0 saturated heterocycles. The summed E-state index contributed by atoms with van der Waals surface area (Å²) in [5.74, 6) is 1.14. The second kappa shape index (κ2) is 8.54. The van der Waals surface area contributed by atoms with E-state index in [2.05, 4.69) is 32.1 Å². The van der Waals surface area contributed by atoms with Crippen LogP contribution in [-0.2, 0) is 6.54 Å². The fourth-order valence-corrected chi connectivity index (χ4v) is 3.46. The maximum Gasteiger partial charge on any atom is 0.141 e. The minimum absolute atomic E-state index is 0.304. The van der Waals surface area contributed by atoms with E-state index in [1.165, 1.54) is 12.1 Å². The van der Waals surface area contributed by atoms with Crippen LogP contribution in [0, 0.1) is 5.82 Å². The number of benzene rings is 2. The molecule has 1 aliphatic rings. The predicted molar refractivity (Wildman–Crippen MR) is 116 cm³/mol. The highest BCUT2D eigenvalue weighted by Crippen LogP contribution is 2.26. The number of nitrogens with one attached hydrogen (secondary N) is 1. The third kappa shape index (κ3) is 4.44. The molecule has 3 aromatic rings. The number of anilines is 1. The van der Waals surface area contributed by atoms with Gasteiger partial charge in [0.2, 0.25) is 0 Å². The number of H-pyrrole nitrogens is 1. The molecule has 0 radical (unpaired) electrons. The van der Waals surface area contributed by atoms with Crippen molar-refractivity contribution >= 4 is 11.5 Å². The normalized spacial score (nSPS) is 13.8. The molecule has 1 aromatic heterocycles. The number of rotatable bonds is 7. The average Bonchev–Trinajstić information content (AvgIpc) is 3.38. The number of aromatic amines is 1. The number of hydrogen-bond acceptors (Lipinski definition) is 6. The van der Waals surface area contributed by atoms with Crippen molar-refractivity contribution in [2.75, 3.05) is 39.4 Å². The van der Waals surface area contributed by atoms with Crippen LogP contribution in [0.1, 0.15) is 5.56 Å². The zero-order valence-electron chi connectivity index (χ0n) is 17.3. The third-order valence-corrected chi connectivity index (χ3v) is 4.90. The van der Waals surface area contributed by atoms with Crippen molar-refractivity contribution in [1.82, 2.24) is 20.0 Å². The first kappa shape index (κ1) is 19.9. The molecule has 0 atom stereocenters. The number of ether oxygens (including phenoxy) is 1. The zero-order chi connectivity index (χ0) is 21.1. The molecule has 0 unspecified atom stereocenters. The molecule has 1 N–H and O–H groups in total. The van der Waals surface area contributed by atoms with Gasteiger partial charge in [-0.2, -0.15) is 10.2 Å². The maximum atomic E-state index is 13.9. The van der Waals surface area contributed by atoms with Crippen molar-refractivity contribution in [3.8, 4) is 16.9 Å². The highest BCUT2D eigenvalue weighted by Gasteiger charge is 2.25. The number of hydrazone groups is 1. The van der Waals surface area contributed by atoms with Gasteiger partial charge in [0.15, 0.2) is 0 Å². The molecular weight excluding hydrogens is 383 g/mol. The summed E-state index contributed by atoms with van der Waals surface area (Å²) < 4.78 is 19.1. The topological polar surface area (TPSA) is 60.0 Å². The minimum Gasteiger partial charge on any atom is -0.497 e. The molecule has 0 bridgehead atoms. The summed E-state index contributed by atoms with van der Waals surface area (Å²) in [6.07, 6.45) is 3.67. The second-order valence-electron chi connectivity index (χ2n) is 7.53. The van der Waals surface area contributed by atoms with Crippen molar-refractivity contribution in [3.63, 3.8) is 0 Å². The van der Waals surface area contributed by atoms with Crippen molar-refractivity contribution in [2.24, 2.45) is 5.10 Å². The molecular formula is C22H25FN6O. The average molecular weight is 408 g/mol. The molecule has 2 heterocycles. The number of methoxy groups -OCH3 is 1. The molecule has 4 rings (SSSR count). The Morgan fingerprint density at radius 1 is 1.13 bits per heavy atom. The van der Waals surface area contributed by atoms with E-state index in [1.807, 2.05) is 43.5 Å². The van der Waals surface area contributed by atoms with Gasteiger partial charge in [-0.15, -0.1) is 0 Å². The Balaban J connectivity index is 1.54. The standard InChI is InChI=1S/C22H25FN6O/c1-27(2)14-22-26-29(20-6-4-17(5-7-20)18-11-24-25-12-18)15-28(22)13-16-8-19(23)10-21(9-16)30-3/h4-12H,13-15H2,1-3H3,(H,24,25). The van der Waals surface area contributed by atoms with Gasteiger partial charge in [0.25, 0.3) is 0 Å². The summed E-state index contributed by atoms with van der Waals surface area (Å²) in [5, 5.41) is 13.6. The van der Waals surface area contributed by atoms with E-state index >= 15 is 0 Å². The Morgan fingerprint density at radius 3 is 2.60 bits per heavy atom. The first-order chi connectivity index (χ1) is 14.5. The maximum absolute atomic E-state index is 13.9. The van der Waals surface area contributed by atoms with Crippen molar-refractivity contribution in [3.05, 3.63) is 66.2 Å². The van der Waals surface area contributed by atoms with Crippen molar-refractivity contribution in [2.45, 2.75) is 6.54 Å². The first-order valence-corrected chi connectivity index (χ1v) is 9.69. The zero-order valence-corrected chi connectivity index (χ0v) is 17.3. The van der Waals surface area contributed by atoms with Gasteiger partial charge in [-0.3, -0.25) is 5.10 Å². The molecule has 30 heavy (non-hydrogen) atoms.